The summed E-state index contributed by atoms with van der Waals surface area (Å²) < 4.78 is 5.15. The third-order valence-corrected chi connectivity index (χ3v) is 6.73. The molecule has 9 N–H and O–H groups in total. The molecule has 19 heteroatoms. The second-order valence-electron chi connectivity index (χ2n) is 10.8. The zero-order valence-corrected chi connectivity index (χ0v) is 27.0. The lowest BCUT2D eigenvalue weighted by Gasteiger charge is -2.24. The molecule has 0 heterocycles. The normalized spacial score (nSPS) is 12.9. The number of nitrogens with one attached hydrogen (secondary N) is 4. The van der Waals surface area contributed by atoms with Gasteiger partial charge < -0.3 is 47.5 Å². The van der Waals surface area contributed by atoms with Gasteiger partial charge in [0.1, 0.15) is 23.8 Å². The third-order valence-electron chi connectivity index (χ3n) is 6.73. The number of unbranched alkanes of at least 4 members (excludes halogenated alkanes) is 2. The second kappa shape index (κ2) is 22.2. The topological polar surface area (TPSA) is 291 Å². The van der Waals surface area contributed by atoms with Crippen LogP contribution in [0.3, 0.4) is 0 Å². The number of ether oxygens (including phenoxy) is 1. The Bertz CT molecular complexity index is 1280. The molecule has 0 saturated heterocycles. The molecular formula is C29H45N9O10. The van der Waals surface area contributed by atoms with Gasteiger partial charge in [-0.05, 0) is 44.2 Å². The zero-order chi connectivity index (χ0) is 36.1. The maximum Gasteiger partial charge on any atom is 0.408 e. The summed E-state index contributed by atoms with van der Waals surface area (Å²) in [5.74, 6) is -5.39. The number of carboxylic acid groups (broad SMARTS) is 1. The fraction of sp³-hybridized carbons (Fsp3) is 0.552. The van der Waals surface area contributed by atoms with Crippen molar-refractivity contribution in [3.05, 3.63) is 46.0 Å². The Morgan fingerprint density at radius 2 is 1.60 bits per heavy atom. The van der Waals surface area contributed by atoms with Crippen LogP contribution in [0.25, 0.3) is 0 Å². The third kappa shape index (κ3) is 16.8. The zero-order valence-electron chi connectivity index (χ0n) is 27.0. The number of nitrogens with zero attached hydrogens (tertiary/aromatic N) is 3. The van der Waals surface area contributed by atoms with Crippen molar-refractivity contribution < 1.29 is 43.6 Å². The number of benzene rings is 1. The van der Waals surface area contributed by atoms with Gasteiger partial charge in [0.2, 0.25) is 17.6 Å². The number of carbonyl (C=O) groups excluding carboxylic acids is 5. The van der Waals surface area contributed by atoms with Crippen molar-refractivity contribution in [1.82, 2.24) is 26.2 Å². The number of amides is 4. The van der Waals surface area contributed by atoms with Gasteiger partial charge in [-0.3, -0.25) is 24.0 Å². The molecule has 266 valence electrons. The summed E-state index contributed by atoms with van der Waals surface area (Å²) in [5, 5.41) is 31.2. The predicted molar refractivity (Wildman–Crippen MR) is 171 cm³/mol. The summed E-state index contributed by atoms with van der Waals surface area (Å²) in [4.78, 5) is 88.0. The Kier molecular flexibility index (Phi) is 18.9. The number of carbonyl (C=O) groups is 6. The smallest absolute Gasteiger partial charge is 0.408 e. The molecule has 0 aromatic heterocycles. The Hall–Kier alpha value is -5.33. The molecule has 0 aliphatic rings. The quantitative estimate of drug-likeness (QED) is 0.0197. The van der Waals surface area contributed by atoms with Crippen LogP contribution in [0.15, 0.2) is 35.4 Å². The molecule has 0 radical (unpaired) electrons. The predicted octanol–water partition coefficient (Wildman–Crippen LogP) is -0.832. The lowest BCUT2D eigenvalue weighted by Crippen LogP contribution is -2.56. The molecular weight excluding hydrogens is 634 g/mol. The largest absolute Gasteiger partial charge is 0.481 e. The van der Waals surface area contributed by atoms with Gasteiger partial charge in [-0.1, -0.05) is 43.2 Å². The molecule has 0 saturated carbocycles. The summed E-state index contributed by atoms with van der Waals surface area (Å²) >= 11 is 0. The Labute approximate surface area is 277 Å². The van der Waals surface area contributed by atoms with Crippen LogP contribution in [0.5, 0.6) is 0 Å². The van der Waals surface area contributed by atoms with E-state index in [0.29, 0.717) is 31.4 Å². The van der Waals surface area contributed by atoms with Crippen LogP contribution in [0.4, 0.5) is 4.79 Å². The molecule has 0 aliphatic carbocycles. The first-order chi connectivity index (χ1) is 22.7. The number of aliphatic carboxylic acids is 1. The van der Waals surface area contributed by atoms with E-state index in [0.717, 1.165) is 0 Å². The van der Waals surface area contributed by atoms with Gasteiger partial charge in [-0.15, -0.1) is 0 Å². The van der Waals surface area contributed by atoms with Crippen LogP contribution in [-0.4, -0.2) is 102 Å². The lowest BCUT2D eigenvalue weighted by atomic mass is 10.0. The highest BCUT2D eigenvalue weighted by Crippen LogP contribution is 2.09. The molecule has 0 unspecified atom stereocenters. The van der Waals surface area contributed by atoms with Gasteiger partial charge in [-0.25, -0.2) is 14.9 Å². The van der Waals surface area contributed by atoms with Gasteiger partial charge >= 0.3 is 12.1 Å². The highest BCUT2D eigenvalue weighted by molar-refractivity contribution is 6.38. The van der Waals surface area contributed by atoms with Crippen molar-refractivity contribution in [3.63, 3.8) is 0 Å². The second-order valence-corrected chi connectivity index (χ2v) is 10.8. The number of hydrogen-bond donors (Lipinski definition) is 7. The number of ketones is 1. The number of hydrazone groups is 1. The number of nitro groups is 1. The SMILES string of the molecule is CN(C)C(=O)[C@H](CCCN/C(N)=N\[N+](=O)[O-])NC(=O)C(=O)[C@H](CCCCCN)NC(=O)[C@H](CCC(=O)O)NC(=O)OCc1ccccc1. The number of hydrogen-bond acceptors (Lipinski definition) is 10. The average Bonchev–Trinajstić information content (AvgIpc) is 3.03. The lowest BCUT2D eigenvalue weighted by molar-refractivity contribution is -0.485. The van der Waals surface area contributed by atoms with Crippen molar-refractivity contribution in [2.75, 3.05) is 27.2 Å². The van der Waals surface area contributed by atoms with E-state index in [-0.39, 0.29) is 38.8 Å². The molecule has 0 spiro atoms. The van der Waals surface area contributed by atoms with Crippen molar-refractivity contribution in [2.45, 2.75) is 76.1 Å². The molecule has 1 aromatic rings. The molecule has 1 aromatic carbocycles. The monoisotopic (exact) mass is 679 g/mol. The summed E-state index contributed by atoms with van der Waals surface area (Å²) in [7, 11) is 2.89. The first-order valence-electron chi connectivity index (χ1n) is 15.2. The van der Waals surface area contributed by atoms with E-state index in [9.17, 15) is 44.0 Å². The first-order valence-corrected chi connectivity index (χ1v) is 15.2. The molecule has 48 heavy (non-hydrogen) atoms. The Morgan fingerprint density at radius 3 is 2.21 bits per heavy atom. The van der Waals surface area contributed by atoms with Crippen molar-refractivity contribution in [2.24, 2.45) is 16.6 Å². The summed E-state index contributed by atoms with van der Waals surface area (Å²) in [6.45, 7) is 0.318. The molecule has 1 rings (SSSR count). The minimum absolute atomic E-state index is 0.00731. The van der Waals surface area contributed by atoms with E-state index in [4.69, 9.17) is 16.2 Å². The minimum atomic E-state index is -1.42. The number of guanidine groups is 1. The van der Waals surface area contributed by atoms with E-state index in [2.05, 4.69) is 26.4 Å². The average molecular weight is 680 g/mol. The van der Waals surface area contributed by atoms with Crippen LogP contribution in [0, 0.1) is 10.1 Å². The van der Waals surface area contributed by atoms with Crippen LogP contribution >= 0.6 is 0 Å². The van der Waals surface area contributed by atoms with Crippen molar-refractivity contribution >= 4 is 41.5 Å². The molecule has 0 fully saturated rings. The molecule has 4 amide bonds. The Balaban J connectivity index is 3.05. The van der Waals surface area contributed by atoms with Gasteiger partial charge in [0, 0.05) is 27.1 Å². The summed E-state index contributed by atoms with van der Waals surface area (Å²) in [6.07, 6.45) is -0.0780. The van der Waals surface area contributed by atoms with Crippen LogP contribution < -0.4 is 32.7 Å². The van der Waals surface area contributed by atoms with Crippen molar-refractivity contribution in [3.8, 4) is 0 Å². The van der Waals surface area contributed by atoms with E-state index in [1.54, 1.807) is 30.3 Å². The van der Waals surface area contributed by atoms with E-state index >= 15 is 0 Å². The maximum atomic E-state index is 13.4. The van der Waals surface area contributed by atoms with E-state index < -0.39 is 71.1 Å². The van der Waals surface area contributed by atoms with Gasteiger partial charge in [0.25, 0.3) is 11.9 Å². The first kappa shape index (κ1) is 40.7. The van der Waals surface area contributed by atoms with Crippen LogP contribution in [0.2, 0.25) is 0 Å². The highest BCUT2D eigenvalue weighted by Gasteiger charge is 2.33. The fourth-order valence-electron chi connectivity index (χ4n) is 4.26. The van der Waals surface area contributed by atoms with Gasteiger partial charge in [0.15, 0.2) is 5.03 Å². The number of alkyl carbamates (subject to hydrolysis) is 1. The summed E-state index contributed by atoms with van der Waals surface area (Å²) in [5.41, 5.74) is 11.6. The van der Waals surface area contributed by atoms with E-state index in [1.807, 2.05) is 0 Å². The maximum absolute atomic E-state index is 13.4. The van der Waals surface area contributed by atoms with E-state index in [1.165, 1.54) is 19.0 Å². The molecule has 19 nitrogen and oxygen atoms in total. The van der Waals surface area contributed by atoms with Crippen LogP contribution in [0.1, 0.15) is 56.9 Å². The van der Waals surface area contributed by atoms with Gasteiger partial charge in [-0.2, -0.15) is 0 Å². The number of carboxylic acids is 1. The number of nitrogens with two attached hydrogens (primary N) is 2. The fourth-order valence-corrected chi connectivity index (χ4v) is 4.26. The Morgan fingerprint density at radius 1 is 0.938 bits per heavy atom. The number of rotatable bonds is 22. The highest BCUT2D eigenvalue weighted by atomic mass is 16.7. The number of Topliss-reactive ketones (excluding diaryl/α,β-unsaturated/α-hetero) is 1. The molecule has 3 atom stereocenters. The summed E-state index contributed by atoms with van der Waals surface area (Å²) in [6, 6.07) is 4.70. The standard InChI is InChI=1S/C29H45N9O10/c1-37(2)27(44)22(13-9-17-32-28(31)36-38(46)47)34-26(43)24(41)20(12-7-4-8-16-30)33-25(42)21(14-15-23(39)40)35-29(45)48-18-19-10-5-3-6-11-19/h3,5-6,10-11,20-22H,4,7-9,12-18,30H2,1-2H3,(H,33,42)(H,34,43)(H,35,45)(H,39,40)(H3,31,32,36)/t20-,21-,22-/m0/s1. The number of likely N-dealkylation sites (N-methyl/N-ethyl adjacent to an activating group) is 1. The van der Waals surface area contributed by atoms with Crippen LogP contribution in [-0.2, 0) is 35.3 Å². The minimum Gasteiger partial charge on any atom is -0.481 e. The molecule has 0 bridgehead atoms. The van der Waals surface area contributed by atoms with Gasteiger partial charge in [0.05, 0.1) is 6.04 Å². The van der Waals surface area contributed by atoms with Crippen molar-refractivity contribution in [1.29, 1.82) is 0 Å². The molecule has 0 aliphatic heterocycles.